The minimum atomic E-state index is -0.152. The van der Waals surface area contributed by atoms with E-state index in [1.165, 1.54) is 5.56 Å². The number of anilines is 2. The number of hydrogen-bond acceptors (Lipinski definition) is 5. The van der Waals surface area contributed by atoms with Gasteiger partial charge in [-0.2, -0.15) is 0 Å². The van der Waals surface area contributed by atoms with Gasteiger partial charge in [0.1, 0.15) is 0 Å². The van der Waals surface area contributed by atoms with E-state index in [0.717, 1.165) is 44.0 Å². The molecule has 1 amide bonds. The van der Waals surface area contributed by atoms with Crippen molar-refractivity contribution < 1.29 is 4.79 Å². The number of nitrogens with one attached hydrogen (secondary N) is 1. The number of benzene rings is 1. The second-order valence-electron chi connectivity index (χ2n) is 8.04. The lowest BCUT2D eigenvalue weighted by atomic mass is 10.0. The molecule has 0 aliphatic carbocycles. The Kier molecular flexibility index (Phi) is 5.41. The molecule has 2 aliphatic heterocycles. The van der Waals surface area contributed by atoms with Crippen LogP contribution in [0.1, 0.15) is 36.1 Å². The number of aromatic nitrogens is 2. The van der Waals surface area contributed by atoms with E-state index in [9.17, 15) is 9.59 Å². The summed E-state index contributed by atoms with van der Waals surface area (Å²) in [6.45, 7) is 11.5. The molecular formula is C22H29N5O2. The first-order valence-corrected chi connectivity index (χ1v) is 10.4. The molecular weight excluding hydrogens is 366 g/mol. The van der Waals surface area contributed by atoms with Gasteiger partial charge in [0.25, 0.3) is 5.56 Å². The van der Waals surface area contributed by atoms with Crippen molar-refractivity contribution in [3.05, 3.63) is 51.4 Å². The standard InChI is InChI=1S/C22H29N5O2/c1-4-25-8-10-26(11-9-25)22-23-18(13-20(28)24-22)17-12-21(29)27(14-17)19-7-5-6-15(2)16(19)3/h5-7,13,17H,4,8-12,14H2,1-3H3,(H,23,24,28)/t17-/m0/s1. The van der Waals surface area contributed by atoms with Crippen LogP contribution in [0.2, 0.25) is 0 Å². The van der Waals surface area contributed by atoms with Crippen LogP contribution in [-0.4, -0.2) is 60.0 Å². The van der Waals surface area contributed by atoms with Crippen LogP contribution in [0.25, 0.3) is 0 Å². The summed E-state index contributed by atoms with van der Waals surface area (Å²) in [5, 5.41) is 0. The molecule has 2 aromatic rings. The summed E-state index contributed by atoms with van der Waals surface area (Å²) in [5.41, 5.74) is 3.80. The molecule has 0 spiro atoms. The molecule has 0 unspecified atom stereocenters. The highest BCUT2D eigenvalue weighted by atomic mass is 16.2. The Morgan fingerprint density at radius 2 is 1.90 bits per heavy atom. The first-order valence-electron chi connectivity index (χ1n) is 10.4. The third-order valence-electron chi connectivity index (χ3n) is 6.28. The van der Waals surface area contributed by atoms with Crippen molar-refractivity contribution in [2.24, 2.45) is 0 Å². The molecule has 4 rings (SSSR count). The summed E-state index contributed by atoms with van der Waals surface area (Å²) in [6, 6.07) is 7.58. The Balaban J connectivity index is 1.56. The molecule has 29 heavy (non-hydrogen) atoms. The topological polar surface area (TPSA) is 72.5 Å². The van der Waals surface area contributed by atoms with Crippen molar-refractivity contribution >= 4 is 17.5 Å². The fraction of sp³-hybridized carbons (Fsp3) is 0.500. The third-order valence-corrected chi connectivity index (χ3v) is 6.28. The number of amides is 1. The molecule has 1 aromatic heterocycles. The second-order valence-corrected chi connectivity index (χ2v) is 8.04. The second kappa shape index (κ2) is 7.99. The van der Waals surface area contributed by atoms with Crippen LogP contribution in [0, 0.1) is 13.8 Å². The summed E-state index contributed by atoms with van der Waals surface area (Å²) in [4.78, 5) is 39.1. The summed E-state index contributed by atoms with van der Waals surface area (Å²) in [6.07, 6.45) is 0.382. The highest BCUT2D eigenvalue weighted by Gasteiger charge is 2.34. The monoisotopic (exact) mass is 395 g/mol. The molecule has 154 valence electrons. The minimum Gasteiger partial charge on any atom is -0.340 e. The maximum atomic E-state index is 12.8. The molecule has 1 N–H and O–H groups in total. The quantitative estimate of drug-likeness (QED) is 0.858. The van der Waals surface area contributed by atoms with E-state index in [1.807, 2.05) is 24.0 Å². The van der Waals surface area contributed by atoms with Gasteiger partial charge in [-0.15, -0.1) is 0 Å². The molecule has 1 atom stereocenters. The van der Waals surface area contributed by atoms with Crippen LogP contribution in [0.15, 0.2) is 29.1 Å². The Morgan fingerprint density at radius 3 is 2.62 bits per heavy atom. The molecule has 2 aliphatic rings. The number of carbonyl (C=O) groups excluding carboxylic acids is 1. The fourth-order valence-corrected chi connectivity index (χ4v) is 4.26. The Hall–Kier alpha value is -2.67. The number of rotatable bonds is 4. The molecule has 3 heterocycles. The molecule has 7 heteroatoms. The smallest absolute Gasteiger partial charge is 0.252 e. The maximum Gasteiger partial charge on any atom is 0.252 e. The van der Waals surface area contributed by atoms with Gasteiger partial charge in [-0.25, -0.2) is 4.98 Å². The van der Waals surface area contributed by atoms with Crippen molar-refractivity contribution in [3.8, 4) is 0 Å². The number of hydrogen-bond donors (Lipinski definition) is 1. The number of nitrogens with zero attached hydrogens (tertiary/aromatic N) is 4. The van der Waals surface area contributed by atoms with E-state index < -0.39 is 0 Å². The number of H-pyrrole nitrogens is 1. The molecule has 0 radical (unpaired) electrons. The first-order chi connectivity index (χ1) is 14.0. The largest absolute Gasteiger partial charge is 0.340 e. The van der Waals surface area contributed by atoms with Crippen molar-refractivity contribution in [1.29, 1.82) is 0 Å². The highest BCUT2D eigenvalue weighted by molar-refractivity contribution is 5.97. The van der Waals surface area contributed by atoms with E-state index in [4.69, 9.17) is 4.98 Å². The minimum absolute atomic E-state index is 0.0691. The normalized spacial score (nSPS) is 20.5. The van der Waals surface area contributed by atoms with Crippen LogP contribution in [0.3, 0.4) is 0 Å². The van der Waals surface area contributed by atoms with Crippen LogP contribution < -0.4 is 15.4 Å². The van der Waals surface area contributed by atoms with Crippen LogP contribution >= 0.6 is 0 Å². The summed E-state index contributed by atoms with van der Waals surface area (Å²) < 4.78 is 0. The average molecular weight is 396 g/mol. The Labute approximate surface area is 171 Å². The van der Waals surface area contributed by atoms with E-state index >= 15 is 0 Å². The lowest BCUT2D eigenvalue weighted by molar-refractivity contribution is -0.117. The van der Waals surface area contributed by atoms with E-state index in [1.54, 1.807) is 6.07 Å². The number of aromatic amines is 1. The zero-order valence-electron chi connectivity index (χ0n) is 17.4. The van der Waals surface area contributed by atoms with Crippen molar-refractivity contribution in [3.63, 3.8) is 0 Å². The van der Waals surface area contributed by atoms with Gasteiger partial charge in [-0.3, -0.25) is 14.6 Å². The molecule has 2 fully saturated rings. The van der Waals surface area contributed by atoms with E-state index in [-0.39, 0.29) is 17.4 Å². The fourth-order valence-electron chi connectivity index (χ4n) is 4.26. The molecule has 0 saturated carbocycles. The van der Waals surface area contributed by atoms with E-state index in [2.05, 4.69) is 34.7 Å². The van der Waals surface area contributed by atoms with Crippen LogP contribution in [-0.2, 0) is 4.79 Å². The van der Waals surface area contributed by atoms with Gasteiger partial charge in [-0.05, 0) is 37.6 Å². The predicted octanol–water partition coefficient (Wildman–Crippen LogP) is 2.05. The van der Waals surface area contributed by atoms with Gasteiger partial charge in [0.2, 0.25) is 11.9 Å². The highest BCUT2D eigenvalue weighted by Crippen LogP contribution is 2.33. The molecule has 7 nitrogen and oxygen atoms in total. The Bertz CT molecular complexity index is 962. The molecule has 2 saturated heterocycles. The first kappa shape index (κ1) is 19.6. The summed E-state index contributed by atoms with van der Waals surface area (Å²) in [5.74, 6) is 0.644. The summed E-state index contributed by atoms with van der Waals surface area (Å²) in [7, 11) is 0. The molecule has 0 bridgehead atoms. The van der Waals surface area contributed by atoms with Crippen molar-refractivity contribution in [1.82, 2.24) is 14.9 Å². The van der Waals surface area contributed by atoms with Gasteiger partial charge in [-0.1, -0.05) is 19.1 Å². The number of carbonyl (C=O) groups is 1. The predicted molar refractivity (Wildman–Crippen MR) is 115 cm³/mol. The number of likely N-dealkylation sites (N-methyl/N-ethyl adjacent to an activating group) is 1. The molecule has 1 aromatic carbocycles. The lowest BCUT2D eigenvalue weighted by Gasteiger charge is -2.34. The van der Waals surface area contributed by atoms with Crippen LogP contribution in [0.5, 0.6) is 0 Å². The average Bonchev–Trinajstić information content (AvgIpc) is 3.11. The zero-order chi connectivity index (χ0) is 20.5. The van der Waals surface area contributed by atoms with Crippen molar-refractivity contribution in [2.75, 3.05) is 49.1 Å². The SMILES string of the molecule is CCN1CCN(c2nc([C@H]3CC(=O)N(c4cccc(C)c4C)C3)cc(=O)[nH]2)CC1. The van der Waals surface area contributed by atoms with E-state index in [0.29, 0.717) is 24.6 Å². The van der Waals surface area contributed by atoms with Gasteiger partial charge in [0, 0.05) is 56.8 Å². The number of piperazine rings is 1. The Morgan fingerprint density at radius 1 is 1.14 bits per heavy atom. The number of aryl methyl sites for hydroxylation is 1. The van der Waals surface area contributed by atoms with Gasteiger partial charge < -0.3 is 14.7 Å². The lowest BCUT2D eigenvalue weighted by Crippen LogP contribution is -2.47. The van der Waals surface area contributed by atoms with Gasteiger partial charge >= 0.3 is 0 Å². The van der Waals surface area contributed by atoms with Gasteiger partial charge in [0.05, 0.1) is 5.69 Å². The van der Waals surface area contributed by atoms with Crippen molar-refractivity contribution in [2.45, 2.75) is 33.1 Å². The maximum absolute atomic E-state index is 12.8. The zero-order valence-corrected chi connectivity index (χ0v) is 17.4. The van der Waals surface area contributed by atoms with Gasteiger partial charge in [0.15, 0.2) is 0 Å². The third kappa shape index (κ3) is 3.92. The summed E-state index contributed by atoms with van der Waals surface area (Å²) >= 11 is 0. The van der Waals surface area contributed by atoms with Crippen LogP contribution in [0.4, 0.5) is 11.6 Å².